The lowest BCUT2D eigenvalue weighted by molar-refractivity contribution is -0.151. The molecule has 12 nitrogen and oxygen atoms in total. The predicted octanol–water partition coefficient (Wildman–Crippen LogP) is 1.49. The molecule has 1 fully saturated rings. The van der Waals surface area contributed by atoms with Crippen LogP contribution in [0.25, 0.3) is 0 Å². The number of carboxylic acids is 1. The van der Waals surface area contributed by atoms with Crippen molar-refractivity contribution in [2.45, 2.75) is 24.4 Å². The zero-order valence-electron chi connectivity index (χ0n) is 19.7. The lowest BCUT2D eigenvalue weighted by Crippen LogP contribution is -2.71. The molecular formula is C24H21N3O9S2. The largest absolute Gasteiger partial charge is 0.508 e. The Kier molecular flexibility index (Phi) is 7.83. The third kappa shape index (κ3) is 5.40. The molecule has 1 unspecified atom stereocenters. The smallest absolute Gasteiger partial charge is 0.352 e. The number of nitrogens with one attached hydrogen (secondary N) is 2. The van der Waals surface area contributed by atoms with E-state index in [2.05, 4.69) is 10.6 Å². The predicted molar refractivity (Wildman–Crippen MR) is 134 cm³/mol. The summed E-state index contributed by atoms with van der Waals surface area (Å²) in [6.07, 6.45) is 2.44. The van der Waals surface area contributed by atoms with Crippen LogP contribution in [0.2, 0.25) is 0 Å². The van der Waals surface area contributed by atoms with Crippen LogP contribution >= 0.6 is 24.0 Å². The van der Waals surface area contributed by atoms with E-state index in [1.807, 2.05) is 0 Å². The second-order valence-corrected chi connectivity index (χ2v) is 9.81. The fourth-order valence-electron chi connectivity index (χ4n) is 3.92. The molecule has 0 saturated carbocycles. The molecule has 0 bridgehead atoms. The van der Waals surface area contributed by atoms with Crippen LogP contribution in [0.3, 0.4) is 0 Å². The summed E-state index contributed by atoms with van der Waals surface area (Å²) in [4.78, 5) is 63.3. The number of hydrogen-bond donors (Lipinski definition) is 4. The highest BCUT2D eigenvalue weighted by atomic mass is 32.2. The Morgan fingerprint density at radius 3 is 2.58 bits per heavy atom. The summed E-state index contributed by atoms with van der Waals surface area (Å²) in [5.41, 5.74) is 0.292. The van der Waals surface area contributed by atoms with Gasteiger partial charge >= 0.3 is 11.9 Å². The van der Waals surface area contributed by atoms with Crippen molar-refractivity contribution in [3.8, 4) is 5.75 Å². The summed E-state index contributed by atoms with van der Waals surface area (Å²) in [5, 5.41) is 23.8. The molecule has 3 amide bonds. The molecule has 1 aromatic heterocycles. The molecule has 3 heterocycles. The lowest BCUT2D eigenvalue weighted by atomic mass is 10.0. The van der Waals surface area contributed by atoms with Crippen molar-refractivity contribution in [3.63, 3.8) is 0 Å². The van der Waals surface area contributed by atoms with E-state index < -0.39 is 47.1 Å². The average Bonchev–Trinajstić information content (AvgIpc) is 2.88. The molecule has 2 aliphatic rings. The maximum absolute atomic E-state index is 13.4. The summed E-state index contributed by atoms with van der Waals surface area (Å²) in [6.45, 7) is 0.911. The third-order valence-corrected chi connectivity index (χ3v) is 7.45. The summed E-state index contributed by atoms with van der Waals surface area (Å²) < 4.78 is 10.1. The number of benzene rings is 1. The Morgan fingerprint density at radius 1 is 1.24 bits per heavy atom. The molecule has 4 N–H and O–H groups in total. The van der Waals surface area contributed by atoms with E-state index in [-0.39, 0.29) is 39.5 Å². The number of phenols is 1. The number of carbonyl (C=O) groups is 5. The van der Waals surface area contributed by atoms with Gasteiger partial charge in [-0.1, -0.05) is 24.4 Å². The number of rotatable bonds is 8. The zero-order chi connectivity index (χ0) is 27.6. The van der Waals surface area contributed by atoms with Gasteiger partial charge in [0.05, 0.1) is 16.3 Å². The van der Waals surface area contributed by atoms with Crippen LogP contribution in [0, 0.1) is 4.51 Å². The Labute approximate surface area is 224 Å². The minimum Gasteiger partial charge on any atom is -0.508 e. The molecule has 0 aliphatic carbocycles. The van der Waals surface area contributed by atoms with Crippen molar-refractivity contribution >= 4 is 53.6 Å². The lowest BCUT2D eigenvalue weighted by Gasteiger charge is -2.49. The number of nitrogens with zero attached hydrogens (tertiary/aromatic N) is 1. The fourth-order valence-corrected chi connectivity index (χ4v) is 5.44. The number of aromatic hydroxyl groups is 1. The molecule has 198 valence electrons. The Bertz CT molecular complexity index is 1400. The molecule has 0 radical (unpaired) electrons. The average molecular weight is 560 g/mol. The van der Waals surface area contributed by atoms with Gasteiger partial charge in [-0.3, -0.25) is 24.1 Å². The first kappa shape index (κ1) is 26.9. The molecule has 3 atom stereocenters. The maximum Gasteiger partial charge on any atom is 0.352 e. The Balaban J connectivity index is 1.55. The number of fused-ring (bicyclic) bond motifs is 1. The highest BCUT2D eigenvalue weighted by molar-refractivity contribution is 8.00. The summed E-state index contributed by atoms with van der Waals surface area (Å²) in [7, 11) is 0. The Hall–Kier alpha value is -4.17. The van der Waals surface area contributed by atoms with Crippen LogP contribution in [-0.2, 0) is 23.9 Å². The first-order chi connectivity index (χ1) is 18.1. The van der Waals surface area contributed by atoms with Gasteiger partial charge < -0.3 is 30.0 Å². The number of carbonyl (C=O) groups excluding carboxylic acids is 4. The van der Waals surface area contributed by atoms with Crippen molar-refractivity contribution in [1.82, 2.24) is 15.5 Å². The fraction of sp³-hybridized carbons (Fsp3) is 0.250. The molecule has 1 aromatic carbocycles. The normalized spacial score (nSPS) is 19.1. The van der Waals surface area contributed by atoms with E-state index in [9.17, 15) is 34.2 Å². The zero-order valence-corrected chi connectivity index (χ0v) is 21.3. The van der Waals surface area contributed by atoms with Crippen molar-refractivity contribution in [3.05, 3.63) is 69.8 Å². The quantitative estimate of drug-likeness (QED) is 0.209. The number of phenolic OH excluding ortho intramolecular Hbond substituents is 1. The second kappa shape index (κ2) is 11.1. The van der Waals surface area contributed by atoms with Gasteiger partial charge in [0.1, 0.15) is 41.8 Å². The summed E-state index contributed by atoms with van der Waals surface area (Å²) in [6, 6.07) is 4.57. The number of carboxylic acid groups (broad SMARTS) is 1. The molecule has 2 aromatic rings. The van der Waals surface area contributed by atoms with Crippen molar-refractivity contribution in [1.29, 1.82) is 0 Å². The SMILES string of the molecule is CC(=O)OCC1=C(C(=O)O)N2C(=O)[C@@H](NC(=O)C(NC(=O)c3coccc3=S)c3ccc(O)cc3)[C@H]2SC1. The van der Waals surface area contributed by atoms with Gasteiger partial charge in [0.25, 0.3) is 11.8 Å². The minimum atomic E-state index is -1.36. The van der Waals surface area contributed by atoms with Crippen molar-refractivity contribution < 1.29 is 43.3 Å². The van der Waals surface area contributed by atoms with Crippen molar-refractivity contribution in [2.24, 2.45) is 0 Å². The molecule has 0 spiro atoms. The van der Waals surface area contributed by atoms with E-state index in [1.165, 1.54) is 55.3 Å². The van der Waals surface area contributed by atoms with Crippen LogP contribution in [0.4, 0.5) is 0 Å². The molecule has 14 heteroatoms. The van der Waals surface area contributed by atoms with E-state index in [0.717, 1.165) is 11.2 Å². The van der Waals surface area contributed by atoms with E-state index >= 15 is 0 Å². The van der Waals surface area contributed by atoms with Gasteiger partial charge in [-0.25, -0.2) is 4.79 Å². The van der Waals surface area contributed by atoms with Crippen molar-refractivity contribution in [2.75, 3.05) is 12.4 Å². The highest BCUT2D eigenvalue weighted by Crippen LogP contribution is 2.40. The maximum atomic E-state index is 13.4. The first-order valence-electron chi connectivity index (χ1n) is 11.1. The molecule has 2 aliphatic heterocycles. The monoisotopic (exact) mass is 559 g/mol. The van der Waals surface area contributed by atoms with Crippen LogP contribution in [0.1, 0.15) is 28.9 Å². The van der Waals surface area contributed by atoms with Gasteiger partial charge in [-0.15, -0.1) is 11.8 Å². The minimum absolute atomic E-state index is 0.0179. The summed E-state index contributed by atoms with van der Waals surface area (Å²) >= 11 is 6.35. The van der Waals surface area contributed by atoms with Gasteiger partial charge in [-0.2, -0.15) is 0 Å². The topological polar surface area (TPSA) is 175 Å². The first-order valence-corrected chi connectivity index (χ1v) is 12.5. The molecular weight excluding hydrogens is 538 g/mol. The van der Waals surface area contributed by atoms with Gasteiger partial charge in [0.15, 0.2) is 0 Å². The summed E-state index contributed by atoms with van der Waals surface area (Å²) in [5.74, 6) is -3.97. The number of ether oxygens (including phenoxy) is 1. The van der Waals surface area contributed by atoms with E-state index in [0.29, 0.717) is 5.56 Å². The van der Waals surface area contributed by atoms with E-state index in [1.54, 1.807) is 0 Å². The van der Waals surface area contributed by atoms with Crippen LogP contribution in [-0.4, -0.2) is 68.5 Å². The second-order valence-electron chi connectivity index (χ2n) is 8.27. The third-order valence-electron chi connectivity index (χ3n) is 5.76. The van der Waals surface area contributed by atoms with Gasteiger partial charge in [-0.05, 0) is 23.8 Å². The highest BCUT2D eigenvalue weighted by Gasteiger charge is 2.54. The number of amides is 3. The molecule has 1 saturated heterocycles. The van der Waals surface area contributed by atoms with Crippen LogP contribution < -0.4 is 10.6 Å². The molecule has 38 heavy (non-hydrogen) atoms. The van der Waals surface area contributed by atoms with Crippen LogP contribution in [0.5, 0.6) is 5.75 Å². The standard InChI is InChI=1S/C24H21N3O9S2/c1-11(28)36-8-13-10-38-23-18(22(32)27(23)19(13)24(33)34)26-21(31)17(12-2-4-14(29)5-3-12)25-20(30)15-9-35-7-6-16(15)37/h2-7,9,17-18,23,29H,8,10H2,1H3,(H,25,30)(H,26,31)(H,33,34)/t17?,18-,23-/m1/s1. The Morgan fingerprint density at radius 2 is 1.95 bits per heavy atom. The molecule has 4 rings (SSSR count). The van der Waals surface area contributed by atoms with Gasteiger partial charge in [0, 0.05) is 18.2 Å². The number of thioether (sulfide) groups is 1. The van der Waals surface area contributed by atoms with E-state index in [4.69, 9.17) is 21.4 Å². The van der Waals surface area contributed by atoms with Crippen LogP contribution in [0.15, 0.2) is 58.5 Å². The number of β-lactam (4-membered cyclic amide) rings is 1. The number of esters is 1. The number of hydrogen-bond acceptors (Lipinski definition) is 10. The van der Waals surface area contributed by atoms with Gasteiger partial charge in [0.2, 0.25) is 5.91 Å². The number of aliphatic carboxylic acids is 1.